The maximum Gasteiger partial charge on any atom is 0.120 e. The molecular weight excluding hydrogens is 252 g/mol. The molecule has 100 valence electrons. The van der Waals surface area contributed by atoms with Crippen LogP contribution in [-0.4, -0.2) is 31.5 Å². The van der Waals surface area contributed by atoms with Crippen LogP contribution in [0.4, 0.5) is 0 Å². The molecule has 1 aliphatic heterocycles. The van der Waals surface area contributed by atoms with Crippen LogP contribution in [0.5, 0.6) is 5.75 Å². The van der Waals surface area contributed by atoms with Crippen LogP contribution < -0.4 is 4.74 Å². The molecule has 1 atom stereocenters. The molecule has 2 rings (SSSR count). The number of benzene rings is 1. The molecule has 1 aromatic carbocycles. The van der Waals surface area contributed by atoms with E-state index in [9.17, 15) is 5.11 Å². The fraction of sp³-hybridized carbons (Fsp3) is 0.571. The highest BCUT2D eigenvalue weighted by Crippen LogP contribution is 2.25. The Labute approximate surface area is 113 Å². The maximum absolute atomic E-state index is 9.46. The molecule has 0 aromatic heterocycles. The molecule has 0 spiro atoms. The van der Waals surface area contributed by atoms with E-state index in [1.165, 1.54) is 0 Å². The van der Waals surface area contributed by atoms with E-state index in [1.54, 1.807) is 6.07 Å². The Bertz CT molecular complexity index is 364. The van der Waals surface area contributed by atoms with E-state index >= 15 is 0 Å². The van der Waals surface area contributed by atoms with Gasteiger partial charge in [-0.15, -0.1) is 0 Å². The topological polar surface area (TPSA) is 38.7 Å². The summed E-state index contributed by atoms with van der Waals surface area (Å²) in [5.74, 6) is 1.42. The minimum Gasteiger partial charge on any atom is -0.493 e. The second kappa shape index (κ2) is 6.98. The first kappa shape index (κ1) is 13.7. The lowest BCUT2D eigenvalue weighted by Gasteiger charge is -2.28. The Hall–Kier alpha value is -0.770. The molecule has 4 heteroatoms. The van der Waals surface area contributed by atoms with Gasteiger partial charge in [0.15, 0.2) is 0 Å². The number of ether oxygens (including phenoxy) is 2. The standard InChI is InChI=1S/C14H19ClO3/c15-13-2-1-3-14(8-13)18-10-12(9-16)11-4-6-17-7-5-11/h1-3,8,11-12,16H,4-7,9-10H2. The van der Waals surface area contributed by atoms with Gasteiger partial charge in [0.2, 0.25) is 0 Å². The van der Waals surface area contributed by atoms with Crippen molar-refractivity contribution in [2.75, 3.05) is 26.4 Å². The average Bonchev–Trinajstić information content (AvgIpc) is 2.41. The number of aliphatic hydroxyl groups excluding tert-OH is 1. The summed E-state index contributed by atoms with van der Waals surface area (Å²) < 4.78 is 11.0. The van der Waals surface area contributed by atoms with Gasteiger partial charge in [-0.1, -0.05) is 17.7 Å². The van der Waals surface area contributed by atoms with Gasteiger partial charge in [0, 0.05) is 30.8 Å². The minimum absolute atomic E-state index is 0.158. The summed E-state index contributed by atoms with van der Waals surface area (Å²) in [6.07, 6.45) is 2.01. The molecule has 1 aromatic rings. The summed E-state index contributed by atoms with van der Waals surface area (Å²) in [5, 5.41) is 10.1. The highest BCUT2D eigenvalue weighted by atomic mass is 35.5. The van der Waals surface area contributed by atoms with Crippen molar-refractivity contribution in [3.8, 4) is 5.75 Å². The van der Waals surface area contributed by atoms with E-state index < -0.39 is 0 Å². The van der Waals surface area contributed by atoms with Crippen molar-refractivity contribution in [1.29, 1.82) is 0 Å². The third-order valence-electron chi connectivity index (χ3n) is 3.43. The fourth-order valence-corrected chi connectivity index (χ4v) is 2.47. The number of halogens is 1. The molecule has 0 bridgehead atoms. The van der Waals surface area contributed by atoms with E-state index in [4.69, 9.17) is 21.1 Å². The highest BCUT2D eigenvalue weighted by Gasteiger charge is 2.24. The van der Waals surface area contributed by atoms with Gasteiger partial charge in [0.25, 0.3) is 0 Å². The Kier molecular flexibility index (Phi) is 5.29. The second-order valence-corrected chi connectivity index (χ2v) is 5.10. The molecular formula is C14H19ClO3. The van der Waals surface area contributed by atoms with Crippen LogP contribution in [0.15, 0.2) is 24.3 Å². The normalized spacial score (nSPS) is 18.6. The Morgan fingerprint density at radius 3 is 2.83 bits per heavy atom. The Balaban J connectivity index is 1.86. The Morgan fingerprint density at radius 1 is 1.39 bits per heavy atom. The second-order valence-electron chi connectivity index (χ2n) is 4.66. The summed E-state index contributed by atoms with van der Waals surface area (Å²) in [5.41, 5.74) is 0. The first-order valence-corrected chi connectivity index (χ1v) is 6.74. The molecule has 1 fully saturated rings. The van der Waals surface area contributed by atoms with Crippen molar-refractivity contribution in [3.63, 3.8) is 0 Å². The van der Waals surface area contributed by atoms with Crippen LogP contribution in [0.1, 0.15) is 12.8 Å². The molecule has 1 unspecified atom stereocenters. The predicted octanol–water partition coefficient (Wildman–Crippen LogP) is 2.75. The first-order valence-electron chi connectivity index (χ1n) is 6.36. The van der Waals surface area contributed by atoms with Gasteiger partial charge in [-0.05, 0) is 37.0 Å². The summed E-state index contributed by atoms with van der Waals surface area (Å²) in [6.45, 7) is 2.27. The van der Waals surface area contributed by atoms with Gasteiger partial charge >= 0.3 is 0 Å². The summed E-state index contributed by atoms with van der Waals surface area (Å²) >= 11 is 5.90. The minimum atomic E-state index is 0.158. The van der Waals surface area contributed by atoms with Crippen molar-refractivity contribution in [2.24, 2.45) is 11.8 Å². The van der Waals surface area contributed by atoms with Gasteiger partial charge in [0.05, 0.1) is 6.61 Å². The number of hydrogen-bond donors (Lipinski definition) is 1. The molecule has 0 amide bonds. The van der Waals surface area contributed by atoms with Gasteiger partial charge in [-0.25, -0.2) is 0 Å². The highest BCUT2D eigenvalue weighted by molar-refractivity contribution is 6.30. The molecule has 1 N–H and O–H groups in total. The van der Waals surface area contributed by atoms with Crippen LogP contribution in [-0.2, 0) is 4.74 Å². The quantitative estimate of drug-likeness (QED) is 0.894. The van der Waals surface area contributed by atoms with Crippen LogP contribution in [0, 0.1) is 11.8 Å². The largest absolute Gasteiger partial charge is 0.493 e. The van der Waals surface area contributed by atoms with E-state index in [-0.39, 0.29) is 12.5 Å². The lowest BCUT2D eigenvalue weighted by molar-refractivity contribution is 0.0199. The molecule has 0 radical (unpaired) electrons. The van der Waals surface area contributed by atoms with Crippen LogP contribution in [0.2, 0.25) is 5.02 Å². The van der Waals surface area contributed by atoms with E-state index in [0.29, 0.717) is 17.5 Å². The zero-order chi connectivity index (χ0) is 12.8. The van der Waals surface area contributed by atoms with Crippen molar-refractivity contribution in [2.45, 2.75) is 12.8 Å². The van der Waals surface area contributed by atoms with Crippen LogP contribution in [0.25, 0.3) is 0 Å². The molecule has 18 heavy (non-hydrogen) atoms. The zero-order valence-corrected chi connectivity index (χ0v) is 11.1. The Morgan fingerprint density at radius 2 is 2.17 bits per heavy atom. The van der Waals surface area contributed by atoms with Crippen molar-refractivity contribution < 1.29 is 14.6 Å². The molecule has 3 nitrogen and oxygen atoms in total. The molecule has 0 aliphatic carbocycles. The summed E-state index contributed by atoms with van der Waals surface area (Å²) in [4.78, 5) is 0. The molecule has 1 saturated heterocycles. The van der Waals surface area contributed by atoms with Crippen LogP contribution >= 0.6 is 11.6 Å². The first-order chi connectivity index (χ1) is 8.79. The third-order valence-corrected chi connectivity index (χ3v) is 3.66. The summed E-state index contributed by atoms with van der Waals surface area (Å²) in [6, 6.07) is 7.35. The smallest absolute Gasteiger partial charge is 0.120 e. The van der Waals surface area contributed by atoms with Gasteiger partial charge in [-0.2, -0.15) is 0 Å². The lowest BCUT2D eigenvalue weighted by Crippen LogP contribution is -2.30. The molecule has 1 aliphatic rings. The SMILES string of the molecule is OCC(COc1cccc(Cl)c1)C1CCOCC1. The third kappa shape index (κ3) is 3.87. The predicted molar refractivity (Wildman–Crippen MR) is 71.1 cm³/mol. The fourth-order valence-electron chi connectivity index (χ4n) is 2.29. The number of aliphatic hydroxyl groups is 1. The van der Waals surface area contributed by atoms with Gasteiger partial charge < -0.3 is 14.6 Å². The van der Waals surface area contributed by atoms with Crippen LogP contribution in [0.3, 0.4) is 0 Å². The average molecular weight is 271 g/mol. The van der Waals surface area contributed by atoms with Crippen molar-refractivity contribution >= 4 is 11.6 Å². The van der Waals surface area contributed by atoms with Gasteiger partial charge in [0.1, 0.15) is 5.75 Å². The monoisotopic (exact) mass is 270 g/mol. The van der Waals surface area contributed by atoms with Crippen molar-refractivity contribution in [1.82, 2.24) is 0 Å². The molecule has 1 heterocycles. The lowest BCUT2D eigenvalue weighted by atomic mass is 9.87. The number of rotatable bonds is 5. The molecule has 0 saturated carbocycles. The zero-order valence-electron chi connectivity index (χ0n) is 10.3. The van der Waals surface area contributed by atoms with Gasteiger partial charge in [-0.3, -0.25) is 0 Å². The summed E-state index contributed by atoms with van der Waals surface area (Å²) in [7, 11) is 0. The maximum atomic E-state index is 9.46. The number of hydrogen-bond acceptors (Lipinski definition) is 3. The van der Waals surface area contributed by atoms with Crippen molar-refractivity contribution in [3.05, 3.63) is 29.3 Å². The van der Waals surface area contributed by atoms with E-state index in [0.717, 1.165) is 31.8 Å². The van der Waals surface area contributed by atoms with E-state index in [2.05, 4.69) is 0 Å². The van der Waals surface area contributed by atoms with E-state index in [1.807, 2.05) is 18.2 Å².